The minimum atomic E-state index is 0.351. The molecule has 0 bridgehead atoms. The molecule has 0 aromatic rings. The Morgan fingerprint density at radius 3 is 2.80 bits per heavy atom. The van der Waals surface area contributed by atoms with E-state index in [0.29, 0.717) is 10.2 Å². The normalized spacial score (nSPS) is 42.9. The average Bonchev–Trinajstić information content (AvgIpc) is 1.96. The molecule has 3 atom stereocenters. The van der Waals surface area contributed by atoms with Gasteiger partial charge in [-0.1, -0.05) is 44.9 Å². The lowest BCUT2D eigenvalue weighted by Gasteiger charge is -2.12. The van der Waals surface area contributed by atoms with Crippen molar-refractivity contribution in [2.24, 2.45) is 0 Å². The van der Waals surface area contributed by atoms with E-state index in [1.165, 1.54) is 19.3 Å². The van der Waals surface area contributed by atoms with E-state index >= 15 is 0 Å². The molecule has 0 aliphatic heterocycles. The van der Waals surface area contributed by atoms with E-state index < -0.39 is 0 Å². The Kier molecular flexibility index (Phi) is 4.32. The number of rotatable bonds is 0. The van der Waals surface area contributed by atoms with Crippen LogP contribution in [0, 0.1) is 0 Å². The molecule has 0 spiro atoms. The Bertz CT molecular complexity index is 110. The van der Waals surface area contributed by atoms with Crippen molar-refractivity contribution in [3.63, 3.8) is 0 Å². The summed E-state index contributed by atoms with van der Waals surface area (Å²) in [5, 5.41) is 0.351. The Labute approximate surface area is 89.4 Å². The van der Waals surface area contributed by atoms with Crippen LogP contribution in [-0.4, -0.2) is 14.1 Å². The molecule has 1 aliphatic rings. The smallest absolute Gasteiger partial charge is 0.0471 e. The monoisotopic (exact) mass is 336 g/mol. The first-order chi connectivity index (χ1) is 4.70. The highest BCUT2D eigenvalue weighted by atomic mass is 127. The molecule has 0 nitrogen and oxygen atoms in total. The molecule has 0 heterocycles. The van der Waals surface area contributed by atoms with Crippen LogP contribution in [0.3, 0.4) is 0 Å². The van der Waals surface area contributed by atoms with E-state index in [9.17, 15) is 0 Å². The summed E-state index contributed by atoms with van der Waals surface area (Å²) in [6, 6.07) is 0. The number of halogens is 3. The van der Waals surface area contributed by atoms with Gasteiger partial charge in [-0.15, -0.1) is 11.6 Å². The zero-order valence-electron chi connectivity index (χ0n) is 5.69. The molecule has 0 amide bonds. The molecular weight excluding hydrogens is 326 g/mol. The maximum atomic E-state index is 6.11. The first-order valence-electron chi connectivity index (χ1n) is 3.62. The second kappa shape index (κ2) is 4.51. The van der Waals surface area contributed by atoms with Gasteiger partial charge in [0.2, 0.25) is 0 Å². The summed E-state index contributed by atoms with van der Waals surface area (Å²) < 4.78 is 0.794. The van der Waals surface area contributed by atoms with E-state index in [1.54, 1.807) is 0 Å². The summed E-state index contributed by atoms with van der Waals surface area (Å²) in [5.41, 5.74) is 0. The predicted molar refractivity (Wildman–Crippen MR) is 58.6 cm³/mol. The lowest BCUT2D eigenvalue weighted by molar-refractivity contribution is 0.729. The summed E-state index contributed by atoms with van der Waals surface area (Å²) in [5.74, 6) is 0. The SMILES string of the molecule is ClC1CC(I)CCCC1Br. The quantitative estimate of drug-likeness (QED) is 0.359. The van der Waals surface area contributed by atoms with E-state index in [4.69, 9.17) is 11.6 Å². The molecule has 0 N–H and O–H groups in total. The fraction of sp³-hybridized carbons (Fsp3) is 1.00. The number of hydrogen-bond donors (Lipinski definition) is 0. The van der Waals surface area contributed by atoms with Crippen LogP contribution in [0.1, 0.15) is 25.7 Å². The lowest BCUT2D eigenvalue weighted by atomic mass is 10.2. The first kappa shape index (κ1) is 9.59. The van der Waals surface area contributed by atoms with E-state index in [0.717, 1.165) is 10.3 Å². The molecule has 60 valence electrons. The van der Waals surface area contributed by atoms with Crippen LogP contribution in [0.15, 0.2) is 0 Å². The molecule has 0 aromatic carbocycles. The number of hydrogen-bond acceptors (Lipinski definition) is 0. The van der Waals surface area contributed by atoms with Crippen molar-refractivity contribution >= 4 is 50.1 Å². The zero-order valence-corrected chi connectivity index (χ0v) is 10.2. The highest BCUT2D eigenvalue weighted by Crippen LogP contribution is 2.30. The summed E-state index contributed by atoms with van der Waals surface area (Å²) in [7, 11) is 0. The number of alkyl halides is 3. The van der Waals surface area contributed by atoms with Gasteiger partial charge in [-0.25, -0.2) is 0 Å². The fourth-order valence-electron chi connectivity index (χ4n) is 1.23. The van der Waals surface area contributed by atoms with E-state index in [2.05, 4.69) is 38.5 Å². The van der Waals surface area contributed by atoms with Crippen molar-refractivity contribution in [3.05, 3.63) is 0 Å². The Balaban J connectivity index is 2.41. The molecule has 1 saturated carbocycles. The minimum absolute atomic E-state index is 0.351. The maximum absolute atomic E-state index is 6.11. The van der Waals surface area contributed by atoms with Crippen molar-refractivity contribution in [1.82, 2.24) is 0 Å². The average molecular weight is 337 g/mol. The van der Waals surface area contributed by atoms with Crippen LogP contribution in [0.4, 0.5) is 0 Å². The summed E-state index contributed by atoms with van der Waals surface area (Å²) in [6.07, 6.45) is 5.07. The first-order valence-corrected chi connectivity index (χ1v) is 6.22. The lowest BCUT2D eigenvalue weighted by Crippen LogP contribution is -2.14. The van der Waals surface area contributed by atoms with E-state index in [-0.39, 0.29) is 0 Å². The van der Waals surface area contributed by atoms with Crippen molar-refractivity contribution in [1.29, 1.82) is 0 Å². The Morgan fingerprint density at radius 1 is 1.40 bits per heavy atom. The second-order valence-electron chi connectivity index (χ2n) is 2.80. The highest BCUT2D eigenvalue weighted by molar-refractivity contribution is 14.1. The second-order valence-corrected chi connectivity index (χ2v) is 6.29. The molecule has 1 rings (SSSR count). The van der Waals surface area contributed by atoms with Gasteiger partial charge in [0.1, 0.15) is 0 Å². The van der Waals surface area contributed by atoms with Gasteiger partial charge in [0.05, 0.1) is 0 Å². The molecule has 0 radical (unpaired) electrons. The fourth-order valence-corrected chi connectivity index (χ4v) is 3.39. The van der Waals surface area contributed by atoms with Gasteiger partial charge in [-0.2, -0.15) is 0 Å². The summed E-state index contributed by atoms with van der Waals surface area (Å²) in [4.78, 5) is 0.550. The highest BCUT2D eigenvalue weighted by Gasteiger charge is 2.22. The standard InChI is InChI=1S/C7H11BrClI/c8-6-3-1-2-5(10)4-7(6)9/h5-7H,1-4H2. The third-order valence-corrected chi connectivity index (χ3v) is 4.88. The van der Waals surface area contributed by atoms with Crippen LogP contribution in [0.2, 0.25) is 0 Å². The third-order valence-electron chi connectivity index (χ3n) is 1.87. The van der Waals surface area contributed by atoms with Crippen molar-refractivity contribution < 1.29 is 0 Å². The molecule has 0 aromatic heterocycles. The van der Waals surface area contributed by atoms with Gasteiger partial charge in [-0.3, -0.25) is 0 Å². The predicted octanol–water partition coefficient (Wildman–Crippen LogP) is 3.73. The Hall–Kier alpha value is 1.50. The third kappa shape index (κ3) is 2.86. The molecule has 3 heteroatoms. The van der Waals surface area contributed by atoms with Crippen LogP contribution in [0.25, 0.3) is 0 Å². The van der Waals surface area contributed by atoms with Crippen LogP contribution in [-0.2, 0) is 0 Å². The molecule has 1 aliphatic carbocycles. The van der Waals surface area contributed by atoms with Crippen molar-refractivity contribution in [3.8, 4) is 0 Å². The van der Waals surface area contributed by atoms with Gasteiger partial charge in [0.15, 0.2) is 0 Å². The Morgan fingerprint density at radius 2 is 2.10 bits per heavy atom. The molecular formula is C7H11BrClI. The molecule has 3 unspecified atom stereocenters. The molecule has 10 heavy (non-hydrogen) atoms. The van der Waals surface area contributed by atoms with Crippen molar-refractivity contribution in [2.75, 3.05) is 0 Å². The van der Waals surface area contributed by atoms with Crippen molar-refractivity contribution in [2.45, 2.75) is 39.8 Å². The van der Waals surface area contributed by atoms with Gasteiger partial charge >= 0.3 is 0 Å². The molecule has 0 saturated heterocycles. The van der Waals surface area contributed by atoms with Crippen LogP contribution < -0.4 is 0 Å². The van der Waals surface area contributed by atoms with Crippen LogP contribution >= 0.6 is 50.1 Å². The van der Waals surface area contributed by atoms with Gasteiger partial charge < -0.3 is 0 Å². The maximum Gasteiger partial charge on any atom is 0.0471 e. The van der Waals surface area contributed by atoms with E-state index in [1.807, 2.05) is 0 Å². The molecule has 1 fully saturated rings. The zero-order chi connectivity index (χ0) is 7.56. The summed E-state index contributed by atoms with van der Waals surface area (Å²) >= 11 is 12.2. The van der Waals surface area contributed by atoms with Gasteiger partial charge in [0, 0.05) is 14.1 Å². The summed E-state index contributed by atoms with van der Waals surface area (Å²) in [6.45, 7) is 0. The largest absolute Gasteiger partial charge is 0.122 e. The van der Waals surface area contributed by atoms with Crippen LogP contribution in [0.5, 0.6) is 0 Å². The van der Waals surface area contributed by atoms with Gasteiger partial charge in [-0.05, 0) is 19.3 Å². The van der Waals surface area contributed by atoms with Gasteiger partial charge in [0.25, 0.3) is 0 Å². The topological polar surface area (TPSA) is 0 Å². The minimum Gasteiger partial charge on any atom is -0.122 e.